The average Bonchev–Trinajstić information content (AvgIpc) is 2.80. The van der Waals surface area contributed by atoms with Crippen LogP contribution >= 0.6 is 0 Å². The van der Waals surface area contributed by atoms with Crippen molar-refractivity contribution in [2.45, 2.75) is 6.54 Å². The zero-order valence-corrected chi connectivity index (χ0v) is 16.9. The van der Waals surface area contributed by atoms with E-state index in [-0.39, 0.29) is 11.7 Å². The van der Waals surface area contributed by atoms with E-state index in [0.717, 1.165) is 5.56 Å². The van der Waals surface area contributed by atoms with Crippen LogP contribution in [-0.4, -0.2) is 27.8 Å². The van der Waals surface area contributed by atoms with Crippen molar-refractivity contribution in [2.24, 2.45) is 0 Å². The summed E-state index contributed by atoms with van der Waals surface area (Å²) < 4.78 is 18.9. The molecule has 0 spiro atoms. The Hall–Kier alpha value is -4.06. The highest BCUT2D eigenvalue weighted by atomic mass is 19.1. The fraction of sp³-hybridized carbons (Fsp3) is 0.0800. The standard InChI is InChI=1S/C25H20FN3O2/c1-29(17-18-5-3-2-4-6-18)25(30)20-9-13-22(14-10-20)31-23-15-16-27-24(28-23)19-7-11-21(26)12-8-19/h2-16H,17H2,1H3. The lowest BCUT2D eigenvalue weighted by molar-refractivity contribution is 0.0785. The fourth-order valence-corrected chi connectivity index (χ4v) is 3.07. The number of nitrogens with zero attached hydrogens (tertiary/aromatic N) is 3. The van der Waals surface area contributed by atoms with Gasteiger partial charge in [0.1, 0.15) is 11.6 Å². The number of aromatic nitrogens is 2. The topological polar surface area (TPSA) is 55.3 Å². The van der Waals surface area contributed by atoms with Gasteiger partial charge >= 0.3 is 0 Å². The molecule has 1 aromatic heterocycles. The van der Waals surface area contributed by atoms with Gasteiger partial charge in [0.15, 0.2) is 5.82 Å². The highest BCUT2D eigenvalue weighted by Crippen LogP contribution is 2.23. The third kappa shape index (κ3) is 5.11. The van der Waals surface area contributed by atoms with Gasteiger partial charge in [-0.25, -0.2) is 9.37 Å². The Kier molecular flexibility index (Phi) is 5.98. The summed E-state index contributed by atoms with van der Waals surface area (Å²) in [5, 5.41) is 0. The predicted molar refractivity (Wildman–Crippen MR) is 116 cm³/mol. The second-order valence-corrected chi connectivity index (χ2v) is 7.00. The average molecular weight is 413 g/mol. The van der Waals surface area contributed by atoms with Crippen molar-refractivity contribution in [3.05, 3.63) is 108 Å². The molecule has 1 amide bonds. The van der Waals surface area contributed by atoms with E-state index in [0.29, 0.717) is 35.1 Å². The van der Waals surface area contributed by atoms with Crippen LogP contribution in [0.15, 0.2) is 91.1 Å². The molecule has 3 aromatic carbocycles. The zero-order valence-electron chi connectivity index (χ0n) is 16.9. The van der Waals surface area contributed by atoms with Crippen molar-refractivity contribution in [2.75, 3.05) is 7.05 Å². The van der Waals surface area contributed by atoms with Gasteiger partial charge in [-0.05, 0) is 54.1 Å². The smallest absolute Gasteiger partial charge is 0.253 e. The van der Waals surface area contributed by atoms with E-state index in [1.165, 1.54) is 12.1 Å². The molecule has 6 heteroatoms. The SMILES string of the molecule is CN(Cc1ccccc1)C(=O)c1ccc(Oc2ccnc(-c3ccc(F)cc3)n2)cc1. The molecule has 0 radical (unpaired) electrons. The molecule has 0 fully saturated rings. The maximum absolute atomic E-state index is 13.1. The van der Waals surface area contributed by atoms with E-state index in [9.17, 15) is 9.18 Å². The Labute approximate surface area is 179 Å². The lowest BCUT2D eigenvalue weighted by Gasteiger charge is -2.17. The lowest BCUT2D eigenvalue weighted by Crippen LogP contribution is -2.26. The van der Waals surface area contributed by atoms with Gasteiger partial charge in [-0.15, -0.1) is 0 Å². The Balaban J connectivity index is 1.43. The predicted octanol–water partition coefficient (Wildman–Crippen LogP) is 5.35. The molecular formula is C25H20FN3O2. The minimum Gasteiger partial charge on any atom is -0.439 e. The van der Waals surface area contributed by atoms with Crippen LogP contribution in [0.5, 0.6) is 11.6 Å². The molecule has 0 atom stereocenters. The first-order valence-electron chi connectivity index (χ1n) is 9.75. The van der Waals surface area contributed by atoms with Crippen molar-refractivity contribution < 1.29 is 13.9 Å². The van der Waals surface area contributed by atoms with E-state index < -0.39 is 0 Å². The zero-order chi connectivity index (χ0) is 21.6. The summed E-state index contributed by atoms with van der Waals surface area (Å²) in [6.07, 6.45) is 1.58. The summed E-state index contributed by atoms with van der Waals surface area (Å²) in [4.78, 5) is 22.9. The number of ether oxygens (including phenoxy) is 1. The molecule has 31 heavy (non-hydrogen) atoms. The van der Waals surface area contributed by atoms with E-state index in [2.05, 4.69) is 9.97 Å². The number of amides is 1. The molecule has 1 heterocycles. The third-order valence-electron chi connectivity index (χ3n) is 4.67. The lowest BCUT2D eigenvalue weighted by atomic mass is 10.1. The number of rotatable bonds is 6. The molecule has 0 N–H and O–H groups in total. The van der Waals surface area contributed by atoms with Gasteiger partial charge < -0.3 is 9.64 Å². The Morgan fingerprint density at radius 1 is 0.935 bits per heavy atom. The van der Waals surface area contributed by atoms with Gasteiger partial charge in [-0.3, -0.25) is 4.79 Å². The van der Waals surface area contributed by atoms with Gasteiger partial charge in [0.25, 0.3) is 5.91 Å². The van der Waals surface area contributed by atoms with Crippen LogP contribution in [0.2, 0.25) is 0 Å². The van der Waals surface area contributed by atoms with Crippen LogP contribution < -0.4 is 4.74 Å². The molecule has 0 aliphatic carbocycles. The van der Waals surface area contributed by atoms with Crippen molar-refractivity contribution in [1.82, 2.24) is 14.9 Å². The molecule has 4 rings (SSSR count). The Bertz CT molecular complexity index is 1160. The molecule has 0 aliphatic rings. The van der Waals surface area contributed by atoms with Crippen molar-refractivity contribution in [3.63, 3.8) is 0 Å². The van der Waals surface area contributed by atoms with Gasteiger partial charge in [0.05, 0.1) is 0 Å². The first-order chi connectivity index (χ1) is 15.1. The Morgan fingerprint density at radius 2 is 1.65 bits per heavy atom. The minimum absolute atomic E-state index is 0.0731. The molecule has 154 valence electrons. The summed E-state index contributed by atoms with van der Waals surface area (Å²) in [6, 6.07) is 24.3. The van der Waals surface area contributed by atoms with Gasteiger partial charge in [0, 0.05) is 37.0 Å². The van der Waals surface area contributed by atoms with Crippen LogP contribution in [0, 0.1) is 5.82 Å². The number of hydrogen-bond donors (Lipinski definition) is 0. The molecule has 0 unspecified atom stereocenters. The van der Waals surface area contributed by atoms with E-state index >= 15 is 0 Å². The maximum atomic E-state index is 13.1. The molecule has 0 saturated carbocycles. The first-order valence-corrected chi connectivity index (χ1v) is 9.75. The largest absolute Gasteiger partial charge is 0.439 e. The van der Waals surface area contributed by atoms with Gasteiger partial charge in [-0.2, -0.15) is 4.98 Å². The summed E-state index contributed by atoms with van der Waals surface area (Å²) in [7, 11) is 1.78. The summed E-state index contributed by atoms with van der Waals surface area (Å²) >= 11 is 0. The molecule has 4 aromatic rings. The van der Waals surface area contributed by atoms with Crippen molar-refractivity contribution >= 4 is 5.91 Å². The maximum Gasteiger partial charge on any atom is 0.253 e. The minimum atomic E-state index is -0.319. The second kappa shape index (κ2) is 9.17. The van der Waals surface area contributed by atoms with Crippen molar-refractivity contribution in [3.8, 4) is 23.0 Å². The van der Waals surface area contributed by atoms with Gasteiger partial charge in [0.2, 0.25) is 5.88 Å². The highest BCUT2D eigenvalue weighted by molar-refractivity contribution is 5.94. The second-order valence-electron chi connectivity index (χ2n) is 7.00. The van der Waals surface area contributed by atoms with Crippen LogP contribution in [-0.2, 0) is 6.54 Å². The molecule has 5 nitrogen and oxygen atoms in total. The number of benzene rings is 3. The summed E-state index contributed by atoms with van der Waals surface area (Å²) in [6.45, 7) is 0.533. The fourth-order valence-electron chi connectivity index (χ4n) is 3.07. The molecule has 0 aliphatic heterocycles. The van der Waals surface area contributed by atoms with Crippen LogP contribution in [0.25, 0.3) is 11.4 Å². The Morgan fingerprint density at radius 3 is 2.35 bits per heavy atom. The molecular weight excluding hydrogens is 393 g/mol. The quantitative estimate of drug-likeness (QED) is 0.428. The summed E-state index contributed by atoms with van der Waals surface area (Å²) in [5.74, 6) is 0.948. The van der Waals surface area contributed by atoms with E-state index in [1.807, 2.05) is 30.3 Å². The van der Waals surface area contributed by atoms with Crippen molar-refractivity contribution in [1.29, 1.82) is 0 Å². The number of halogens is 1. The van der Waals surface area contributed by atoms with E-state index in [1.54, 1.807) is 60.6 Å². The number of carbonyl (C=O) groups is 1. The van der Waals surface area contributed by atoms with Crippen LogP contribution in [0.4, 0.5) is 4.39 Å². The first kappa shape index (κ1) is 20.2. The van der Waals surface area contributed by atoms with Crippen LogP contribution in [0.1, 0.15) is 15.9 Å². The number of hydrogen-bond acceptors (Lipinski definition) is 4. The van der Waals surface area contributed by atoms with Gasteiger partial charge in [-0.1, -0.05) is 30.3 Å². The molecule has 0 bridgehead atoms. The van der Waals surface area contributed by atoms with E-state index in [4.69, 9.17) is 4.74 Å². The monoisotopic (exact) mass is 413 g/mol. The van der Waals surface area contributed by atoms with Crippen LogP contribution in [0.3, 0.4) is 0 Å². The highest BCUT2D eigenvalue weighted by Gasteiger charge is 2.12. The third-order valence-corrected chi connectivity index (χ3v) is 4.67. The summed E-state index contributed by atoms with van der Waals surface area (Å²) in [5.41, 5.74) is 2.33. The normalized spacial score (nSPS) is 10.5. The molecule has 0 saturated heterocycles. The number of carbonyl (C=O) groups excluding carboxylic acids is 1.